The first-order chi connectivity index (χ1) is 12.5. The van der Waals surface area contributed by atoms with Crippen LogP contribution in [0.15, 0.2) is 53.4 Å². The Bertz CT molecular complexity index is 794. The SMILES string of the molecule is CC(C)(C(=O)NCCc1cccc(C(F)(F)F)c1)[S+]([O-])c1ccc(Cl)cc1. The van der Waals surface area contributed by atoms with Gasteiger partial charge in [0.1, 0.15) is 0 Å². The first-order valence-corrected chi connectivity index (χ1v) is 9.66. The molecule has 146 valence electrons. The summed E-state index contributed by atoms with van der Waals surface area (Å²) in [6, 6.07) is 11.3. The minimum Gasteiger partial charge on any atom is -0.611 e. The van der Waals surface area contributed by atoms with Gasteiger partial charge in [0.15, 0.2) is 4.90 Å². The van der Waals surface area contributed by atoms with Crippen molar-refractivity contribution in [2.24, 2.45) is 0 Å². The molecule has 0 aliphatic heterocycles. The van der Waals surface area contributed by atoms with Gasteiger partial charge in [-0.25, -0.2) is 0 Å². The highest BCUT2D eigenvalue weighted by molar-refractivity contribution is 7.93. The summed E-state index contributed by atoms with van der Waals surface area (Å²) in [5.74, 6) is -0.442. The van der Waals surface area contributed by atoms with E-state index in [2.05, 4.69) is 5.32 Å². The van der Waals surface area contributed by atoms with Crippen LogP contribution in [0.5, 0.6) is 0 Å². The summed E-state index contributed by atoms with van der Waals surface area (Å²) in [5, 5.41) is 3.15. The van der Waals surface area contributed by atoms with Crippen LogP contribution >= 0.6 is 11.6 Å². The van der Waals surface area contributed by atoms with Crippen molar-refractivity contribution >= 4 is 28.7 Å². The largest absolute Gasteiger partial charge is 0.611 e. The van der Waals surface area contributed by atoms with Crippen molar-refractivity contribution in [2.45, 2.75) is 36.1 Å². The molecule has 0 saturated carbocycles. The summed E-state index contributed by atoms with van der Waals surface area (Å²) in [4.78, 5) is 12.9. The van der Waals surface area contributed by atoms with E-state index in [0.717, 1.165) is 12.1 Å². The van der Waals surface area contributed by atoms with Crippen molar-refractivity contribution in [1.82, 2.24) is 5.32 Å². The van der Waals surface area contributed by atoms with Gasteiger partial charge in [0.2, 0.25) is 4.75 Å². The second-order valence-corrected chi connectivity index (χ2v) is 8.90. The summed E-state index contributed by atoms with van der Waals surface area (Å²) in [7, 11) is 0. The first-order valence-electron chi connectivity index (χ1n) is 8.13. The van der Waals surface area contributed by atoms with E-state index < -0.39 is 33.6 Å². The molecule has 0 bridgehead atoms. The van der Waals surface area contributed by atoms with E-state index >= 15 is 0 Å². The van der Waals surface area contributed by atoms with E-state index in [1.165, 1.54) is 6.07 Å². The molecular formula is C19H19ClF3NO2S. The Balaban J connectivity index is 1.97. The molecule has 8 heteroatoms. The van der Waals surface area contributed by atoms with E-state index in [9.17, 15) is 22.5 Å². The van der Waals surface area contributed by atoms with Gasteiger partial charge in [-0.2, -0.15) is 13.2 Å². The van der Waals surface area contributed by atoms with Crippen LogP contribution in [0.25, 0.3) is 0 Å². The molecule has 1 atom stereocenters. The Morgan fingerprint density at radius 3 is 2.37 bits per heavy atom. The third kappa shape index (κ3) is 5.64. The molecule has 0 spiro atoms. The van der Waals surface area contributed by atoms with Crippen LogP contribution in [0.3, 0.4) is 0 Å². The molecule has 1 unspecified atom stereocenters. The number of rotatable bonds is 6. The van der Waals surface area contributed by atoms with Crippen molar-refractivity contribution in [2.75, 3.05) is 6.54 Å². The van der Waals surface area contributed by atoms with E-state index in [1.54, 1.807) is 44.2 Å². The lowest BCUT2D eigenvalue weighted by Gasteiger charge is -2.27. The zero-order valence-electron chi connectivity index (χ0n) is 14.8. The Morgan fingerprint density at radius 1 is 1.15 bits per heavy atom. The Morgan fingerprint density at radius 2 is 1.78 bits per heavy atom. The second-order valence-electron chi connectivity index (χ2n) is 6.44. The van der Waals surface area contributed by atoms with Crippen molar-refractivity contribution in [3.05, 3.63) is 64.7 Å². The zero-order chi connectivity index (χ0) is 20.2. The number of amides is 1. The normalized spacial score (nSPS) is 13.3. The number of hydrogen-bond donors (Lipinski definition) is 1. The van der Waals surface area contributed by atoms with E-state index in [4.69, 9.17) is 11.6 Å². The van der Waals surface area contributed by atoms with Crippen LogP contribution in [-0.2, 0) is 28.6 Å². The Labute approximate surface area is 164 Å². The standard InChI is InChI=1S/C19H19ClF3NO2S/c1-18(2,27(26)16-8-6-15(20)7-9-16)17(25)24-11-10-13-4-3-5-14(12-13)19(21,22)23/h3-9,12H,10-11H2,1-2H3,(H,24,25). The van der Waals surface area contributed by atoms with Crippen LogP contribution in [-0.4, -0.2) is 21.8 Å². The monoisotopic (exact) mass is 417 g/mol. The summed E-state index contributed by atoms with van der Waals surface area (Å²) < 4.78 is 49.7. The maximum absolute atomic E-state index is 12.7. The number of carbonyl (C=O) groups excluding carboxylic acids is 1. The number of nitrogens with one attached hydrogen (secondary N) is 1. The van der Waals surface area contributed by atoms with Gasteiger partial charge >= 0.3 is 6.18 Å². The number of halogens is 4. The van der Waals surface area contributed by atoms with Crippen molar-refractivity contribution in [1.29, 1.82) is 0 Å². The van der Waals surface area contributed by atoms with Crippen LogP contribution < -0.4 is 5.32 Å². The fourth-order valence-electron chi connectivity index (χ4n) is 2.37. The van der Waals surface area contributed by atoms with E-state index in [-0.39, 0.29) is 13.0 Å². The molecule has 0 fully saturated rings. The van der Waals surface area contributed by atoms with Crippen LogP contribution in [0.4, 0.5) is 13.2 Å². The van der Waals surface area contributed by atoms with Gasteiger partial charge in [0.05, 0.1) is 5.56 Å². The molecule has 1 amide bonds. The number of benzene rings is 2. The third-order valence-corrected chi connectivity index (χ3v) is 6.06. The van der Waals surface area contributed by atoms with Gasteiger partial charge in [-0.05, 0) is 56.2 Å². The average molecular weight is 418 g/mol. The topological polar surface area (TPSA) is 52.2 Å². The Hall–Kier alpha value is -1.70. The fraction of sp³-hybridized carbons (Fsp3) is 0.316. The van der Waals surface area contributed by atoms with Gasteiger partial charge < -0.3 is 9.87 Å². The minimum atomic E-state index is -4.41. The van der Waals surface area contributed by atoms with Gasteiger partial charge in [0.25, 0.3) is 5.91 Å². The minimum absolute atomic E-state index is 0.140. The zero-order valence-corrected chi connectivity index (χ0v) is 16.3. The maximum atomic E-state index is 12.7. The highest BCUT2D eigenvalue weighted by atomic mass is 35.5. The molecule has 3 nitrogen and oxygen atoms in total. The van der Waals surface area contributed by atoms with Gasteiger partial charge in [-0.3, -0.25) is 4.79 Å². The van der Waals surface area contributed by atoms with E-state index in [1.807, 2.05) is 0 Å². The summed E-state index contributed by atoms with van der Waals surface area (Å²) >= 11 is 4.20. The molecule has 2 aromatic rings. The summed E-state index contributed by atoms with van der Waals surface area (Å²) in [6.07, 6.45) is -4.17. The molecule has 0 aromatic heterocycles. The average Bonchev–Trinajstić information content (AvgIpc) is 2.61. The van der Waals surface area contributed by atoms with Crippen LogP contribution in [0, 0.1) is 0 Å². The number of hydrogen-bond acceptors (Lipinski definition) is 2. The molecule has 2 rings (SSSR count). The smallest absolute Gasteiger partial charge is 0.416 e. The van der Waals surface area contributed by atoms with Crippen LogP contribution in [0.2, 0.25) is 5.02 Å². The van der Waals surface area contributed by atoms with Gasteiger partial charge in [-0.1, -0.05) is 29.8 Å². The molecule has 0 radical (unpaired) electrons. The van der Waals surface area contributed by atoms with Gasteiger partial charge in [-0.15, -0.1) is 0 Å². The number of carbonyl (C=O) groups is 1. The molecule has 1 N–H and O–H groups in total. The fourth-order valence-corrected chi connectivity index (χ4v) is 3.71. The van der Waals surface area contributed by atoms with Crippen molar-refractivity contribution < 1.29 is 22.5 Å². The second kappa shape index (κ2) is 8.54. The predicted octanol–water partition coefficient (Wildman–Crippen LogP) is 4.60. The molecule has 0 heterocycles. The lowest BCUT2D eigenvalue weighted by atomic mass is 10.1. The molecule has 2 aromatic carbocycles. The lowest BCUT2D eigenvalue weighted by molar-refractivity contribution is -0.137. The summed E-state index contributed by atoms with van der Waals surface area (Å²) in [5.41, 5.74) is -0.266. The Kier molecular flexibility index (Phi) is 6.83. The maximum Gasteiger partial charge on any atom is 0.416 e. The van der Waals surface area contributed by atoms with Crippen LogP contribution in [0.1, 0.15) is 25.0 Å². The van der Waals surface area contributed by atoms with E-state index in [0.29, 0.717) is 15.5 Å². The lowest BCUT2D eigenvalue weighted by Crippen LogP contribution is -2.48. The third-order valence-electron chi connectivity index (χ3n) is 3.99. The molecule has 0 aliphatic rings. The first kappa shape index (κ1) is 21.6. The van der Waals surface area contributed by atoms with Crippen molar-refractivity contribution in [3.63, 3.8) is 0 Å². The molecule has 27 heavy (non-hydrogen) atoms. The number of alkyl halides is 3. The molecular weight excluding hydrogens is 399 g/mol. The highest BCUT2D eigenvalue weighted by Gasteiger charge is 2.41. The van der Waals surface area contributed by atoms with Crippen molar-refractivity contribution in [3.8, 4) is 0 Å². The van der Waals surface area contributed by atoms with Gasteiger partial charge in [0, 0.05) is 22.7 Å². The quantitative estimate of drug-likeness (QED) is 0.698. The summed E-state index contributed by atoms with van der Waals surface area (Å²) in [6.45, 7) is 3.25. The predicted molar refractivity (Wildman–Crippen MR) is 100 cm³/mol. The molecule has 0 saturated heterocycles. The highest BCUT2D eigenvalue weighted by Crippen LogP contribution is 2.30. The molecule has 0 aliphatic carbocycles.